The average Bonchev–Trinajstić information content (AvgIpc) is 2.59. The molecule has 2 rings (SSSR count). The second kappa shape index (κ2) is 9.47. The molecular formula is C22H22FN. The average molecular weight is 319 g/mol. The third kappa shape index (κ3) is 6.22. The van der Waals surface area contributed by atoms with Crippen LogP contribution >= 0.6 is 0 Å². The first-order chi connectivity index (χ1) is 11.7. The first-order valence-corrected chi connectivity index (χ1v) is 8.19. The molecule has 0 spiro atoms. The largest absolute Gasteiger partial charge is 0.260 e. The third-order valence-corrected chi connectivity index (χ3v) is 3.55. The molecule has 1 aromatic carbocycles. The van der Waals surface area contributed by atoms with E-state index in [0.717, 1.165) is 36.1 Å². The summed E-state index contributed by atoms with van der Waals surface area (Å²) in [6.45, 7) is 3.77. The van der Waals surface area contributed by atoms with Crippen LogP contribution in [-0.4, -0.2) is 4.98 Å². The van der Waals surface area contributed by atoms with Crippen molar-refractivity contribution in [2.24, 2.45) is 0 Å². The summed E-state index contributed by atoms with van der Waals surface area (Å²) < 4.78 is 13.2. The van der Waals surface area contributed by atoms with Gasteiger partial charge in [-0.05, 0) is 75.1 Å². The van der Waals surface area contributed by atoms with E-state index in [0.29, 0.717) is 0 Å². The molecule has 2 aromatic rings. The second-order valence-electron chi connectivity index (χ2n) is 5.62. The van der Waals surface area contributed by atoms with Gasteiger partial charge in [0.05, 0.1) is 0 Å². The van der Waals surface area contributed by atoms with E-state index in [2.05, 4.69) is 29.0 Å². The van der Waals surface area contributed by atoms with Crippen molar-refractivity contribution in [3.05, 3.63) is 89.0 Å². The van der Waals surface area contributed by atoms with Crippen molar-refractivity contribution in [3.8, 4) is 11.8 Å². The number of hydrogen-bond donors (Lipinski definition) is 0. The highest BCUT2D eigenvalue weighted by Crippen LogP contribution is 2.10. The molecule has 0 amide bonds. The Balaban J connectivity index is 1.87. The molecule has 0 saturated heterocycles. The molecule has 1 aromatic heterocycles. The summed E-state index contributed by atoms with van der Waals surface area (Å²) in [5.41, 5.74) is 4.14. The van der Waals surface area contributed by atoms with Crippen LogP contribution in [0.25, 0.3) is 0 Å². The molecule has 1 nitrogen and oxygen atoms in total. The van der Waals surface area contributed by atoms with Crippen LogP contribution in [0, 0.1) is 18.8 Å². The normalized spacial score (nSPS) is 11.4. The molecule has 122 valence electrons. The summed E-state index contributed by atoms with van der Waals surface area (Å²) >= 11 is 0. The minimum absolute atomic E-state index is 0.159. The van der Waals surface area contributed by atoms with E-state index in [1.807, 2.05) is 38.1 Å². The fourth-order valence-electron chi connectivity index (χ4n) is 2.21. The quantitative estimate of drug-likeness (QED) is 0.400. The standard InChI is InChI=1S/C22H22FN/c1-3-6-22(23)8-5-4-7-19-11-13-20(14-12-19)15-16-21-10-9-18(2)24-17-21/h3,6,8-14,17H,4-5,7H2,1-2H3/b6-3-,22-8+. The minimum Gasteiger partial charge on any atom is -0.260 e. The van der Waals surface area contributed by atoms with Crippen LogP contribution in [0.4, 0.5) is 4.39 Å². The fourth-order valence-corrected chi connectivity index (χ4v) is 2.21. The lowest BCUT2D eigenvalue weighted by molar-refractivity contribution is 0.655. The molecule has 0 aliphatic carbocycles. The van der Waals surface area contributed by atoms with Crippen molar-refractivity contribution >= 4 is 0 Å². The predicted octanol–water partition coefficient (Wildman–Crippen LogP) is 5.54. The van der Waals surface area contributed by atoms with Gasteiger partial charge >= 0.3 is 0 Å². The van der Waals surface area contributed by atoms with Crippen LogP contribution in [0.15, 0.2) is 66.6 Å². The first kappa shape index (κ1) is 17.7. The van der Waals surface area contributed by atoms with E-state index in [1.165, 1.54) is 11.6 Å². The highest BCUT2D eigenvalue weighted by molar-refractivity contribution is 5.42. The minimum atomic E-state index is -0.159. The second-order valence-corrected chi connectivity index (χ2v) is 5.62. The summed E-state index contributed by atoms with van der Waals surface area (Å²) in [6, 6.07) is 12.2. The Morgan fingerprint density at radius 3 is 2.46 bits per heavy atom. The lowest BCUT2D eigenvalue weighted by Crippen LogP contribution is -1.86. The molecule has 24 heavy (non-hydrogen) atoms. The number of allylic oxidation sites excluding steroid dienone is 4. The Bertz CT molecular complexity index is 756. The summed E-state index contributed by atoms with van der Waals surface area (Å²) in [5, 5.41) is 0. The number of pyridine rings is 1. The first-order valence-electron chi connectivity index (χ1n) is 8.19. The maximum Gasteiger partial charge on any atom is 0.118 e. The van der Waals surface area contributed by atoms with Gasteiger partial charge in [0.2, 0.25) is 0 Å². The molecule has 0 atom stereocenters. The number of aromatic nitrogens is 1. The van der Waals surface area contributed by atoms with Gasteiger partial charge in [0.15, 0.2) is 0 Å². The van der Waals surface area contributed by atoms with E-state index >= 15 is 0 Å². The highest BCUT2D eigenvalue weighted by Gasteiger charge is 1.94. The predicted molar refractivity (Wildman–Crippen MR) is 98.3 cm³/mol. The number of hydrogen-bond acceptors (Lipinski definition) is 1. The van der Waals surface area contributed by atoms with E-state index in [-0.39, 0.29) is 5.83 Å². The monoisotopic (exact) mass is 319 g/mol. The van der Waals surface area contributed by atoms with Crippen molar-refractivity contribution in [1.29, 1.82) is 0 Å². The molecule has 0 unspecified atom stereocenters. The van der Waals surface area contributed by atoms with Gasteiger partial charge in [-0.15, -0.1) is 0 Å². The van der Waals surface area contributed by atoms with Crippen LogP contribution in [0.5, 0.6) is 0 Å². The zero-order valence-corrected chi connectivity index (χ0v) is 14.2. The van der Waals surface area contributed by atoms with Crippen molar-refractivity contribution < 1.29 is 4.39 Å². The Morgan fingerprint density at radius 2 is 1.79 bits per heavy atom. The molecule has 0 aliphatic heterocycles. The Labute approximate surface area is 144 Å². The lowest BCUT2D eigenvalue weighted by atomic mass is 10.1. The van der Waals surface area contributed by atoms with Crippen molar-refractivity contribution in [2.45, 2.75) is 33.1 Å². The van der Waals surface area contributed by atoms with Gasteiger partial charge in [-0.25, -0.2) is 4.39 Å². The molecule has 0 radical (unpaired) electrons. The highest BCUT2D eigenvalue weighted by atomic mass is 19.1. The van der Waals surface area contributed by atoms with Crippen LogP contribution in [0.1, 0.15) is 42.1 Å². The van der Waals surface area contributed by atoms with Crippen LogP contribution in [0.2, 0.25) is 0 Å². The zero-order chi connectivity index (χ0) is 17.2. The number of unbranched alkanes of at least 4 members (excludes halogenated alkanes) is 1. The van der Waals surface area contributed by atoms with E-state index in [1.54, 1.807) is 18.3 Å². The van der Waals surface area contributed by atoms with Crippen LogP contribution in [-0.2, 0) is 6.42 Å². The van der Waals surface area contributed by atoms with Gasteiger partial charge in [0, 0.05) is 23.0 Å². The molecular weight excluding hydrogens is 297 g/mol. The van der Waals surface area contributed by atoms with Gasteiger partial charge in [-0.1, -0.05) is 30.0 Å². The molecule has 0 saturated carbocycles. The van der Waals surface area contributed by atoms with E-state index in [4.69, 9.17) is 0 Å². The number of aryl methyl sites for hydroxylation is 2. The molecule has 1 heterocycles. The van der Waals surface area contributed by atoms with E-state index < -0.39 is 0 Å². The van der Waals surface area contributed by atoms with Gasteiger partial charge in [-0.2, -0.15) is 0 Å². The van der Waals surface area contributed by atoms with E-state index in [9.17, 15) is 4.39 Å². The molecule has 0 bridgehead atoms. The summed E-state index contributed by atoms with van der Waals surface area (Å²) in [6.07, 6.45) is 9.24. The van der Waals surface area contributed by atoms with Crippen molar-refractivity contribution in [1.82, 2.24) is 4.98 Å². The Kier molecular flexibility index (Phi) is 6.98. The van der Waals surface area contributed by atoms with Crippen LogP contribution in [0.3, 0.4) is 0 Å². The zero-order valence-electron chi connectivity index (χ0n) is 14.2. The van der Waals surface area contributed by atoms with Gasteiger partial charge in [0.25, 0.3) is 0 Å². The Morgan fingerprint density at radius 1 is 1.08 bits per heavy atom. The number of halogens is 1. The van der Waals surface area contributed by atoms with Gasteiger partial charge < -0.3 is 0 Å². The maximum absolute atomic E-state index is 13.2. The SMILES string of the molecule is C/C=C\C(F)=C/CCCc1ccc(C#Cc2ccc(C)nc2)cc1. The molecule has 0 aliphatic rings. The van der Waals surface area contributed by atoms with Crippen molar-refractivity contribution in [2.75, 3.05) is 0 Å². The summed E-state index contributed by atoms with van der Waals surface area (Å²) in [4.78, 5) is 4.23. The maximum atomic E-state index is 13.2. The number of benzene rings is 1. The van der Waals surface area contributed by atoms with Gasteiger partial charge in [0.1, 0.15) is 5.83 Å². The molecule has 2 heteroatoms. The van der Waals surface area contributed by atoms with Crippen LogP contribution < -0.4 is 0 Å². The number of rotatable bonds is 5. The summed E-state index contributed by atoms with van der Waals surface area (Å²) in [5.74, 6) is 6.10. The Hall–Kier alpha value is -2.66. The third-order valence-electron chi connectivity index (χ3n) is 3.55. The lowest BCUT2D eigenvalue weighted by Gasteiger charge is -2.00. The molecule has 0 N–H and O–H groups in total. The van der Waals surface area contributed by atoms with Crippen molar-refractivity contribution in [3.63, 3.8) is 0 Å². The smallest absolute Gasteiger partial charge is 0.118 e. The summed E-state index contributed by atoms with van der Waals surface area (Å²) in [7, 11) is 0. The molecule has 0 fully saturated rings. The number of nitrogens with zero attached hydrogens (tertiary/aromatic N) is 1. The van der Waals surface area contributed by atoms with Gasteiger partial charge in [-0.3, -0.25) is 4.98 Å². The topological polar surface area (TPSA) is 12.9 Å². The fraction of sp³-hybridized carbons (Fsp3) is 0.227.